The maximum absolute atomic E-state index is 6.22. The lowest BCUT2D eigenvalue weighted by molar-refractivity contribution is 0.0542. The third-order valence-electron chi connectivity index (χ3n) is 4.12. The predicted octanol–water partition coefficient (Wildman–Crippen LogP) is 3.38. The number of hydrogen-bond acceptors (Lipinski definition) is 3. The average Bonchev–Trinajstić information content (AvgIpc) is 2.52. The molecule has 2 atom stereocenters. The van der Waals surface area contributed by atoms with Crippen LogP contribution in [0.3, 0.4) is 0 Å². The molecule has 0 aromatic heterocycles. The second kappa shape index (κ2) is 4.44. The van der Waals surface area contributed by atoms with Crippen LogP contribution in [0.2, 0.25) is 0 Å². The minimum atomic E-state index is 0.0829. The first-order chi connectivity index (χ1) is 9.85. The molecule has 0 fully saturated rings. The van der Waals surface area contributed by atoms with E-state index in [9.17, 15) is 0 Å². The van der Waals surface area contributed by atoms with E-state index in [1.807, 2.05) is 24.3 Å². The summed E-state index contributed by atoms with van der Waals surface area (Å²) in [6.07, 6.45) is 1.09. The second-order valence-corrected chi connectivity index (χ2v) is 5.33. The minimum absolute atomic E-state index is 0.0829. The van der Waals surface area contributed by atoms with Gasteiger partial charge in [0.25, 0.3) is 0 Å². The van der Waals surface area contributed by atoms with Crippen LogP contribution in [0.5, 0.6) is 17.2 Å². The Morgan fingerprint density at radius 2 is 2.00 bits per heavy atom. The summed E-state index contributed by atoms with van der Waals surface area (Å²) >= 11 is 0. The maximum atomic E-state index is 6.22. The Morgan fingerprint density at radius 3 is 2.90 bits per heavy atom. The fourth-order valence-electron chi connectivity index (χ4n) is 3.07. The van der Waals surface area contributed by atoms with E-state index in [0.717, 1.165) is 29.2 Å². The van der Waals surface area contributed by atoms with Crippen LogP contribution in [0.4, 0.5) is 0 Å². The molecule has 2 aromatic rings. The number of hydrogen-bond donors (Lipinski definition) is 0. The lowest BCUT2D eigenvalue weighted by atomic mass is 9.85. The molecule has 4 rings (SSSR count). The van der Waals surface area contributed by atoms with Gasteiger partial charge in [-0.1, -0.05) is 18.2 Å². The number of methoxy groups -OCH3 is 1. The van der Waals surface area contributed by atoms with E-state index in [2.05, 4.69) is 18.2 Å². The van der Waals surface area contributed by atoms with Crippen LogP contribution in [0.1, 0.15) is 17.2 Å². The predicted molar refractivity (Wildman–Crippen MR) is 75.5 cm³/mol. The first-order valence-electron chi connectivity index (χ1n) is 6.90. The molecule has 20 heavy (non-hydrogen) atoms. The minimum Gasteiger partial charge on any atom is -0.497 e. The van der Waals surface area contributed by atoms with Crippen LogP contribution in [0.15, 0.2) is 42.5 Å². The van der Waals surface area contributed by atoms with Gasteiger partial charge in [0.05, 0.1) is 13.7 Å². The first-order valence-corrected chi connectivity index (χ1v) is 6.90. The highest BCUT2D eigenvalue weighted by Gasteiger charge is 2.36. The van der Waals surface area contributed by atoms with E-state index in [4.69, 9.17) is 14.2 Å². The van der Waals surface area contributed by atoms with Gasteiger partial charge in [0, 0.05) is 17.5 Å². The van der Waals surface area contributed by atoms with Gasteiger partial charge in [-0.05, 0) is 30.2 Å². The Labute approximate surface area is 118 Å². The van der Waals surface area contributed by atoms with Crippen molar-refractivity contribution in [3.8, 4) is 17.2 Å². The molecule has 0 bridgehead atoms. The fraction of sp³-hybridized carbons (Fsp3) is 0.294. The number of benzene rings is 2. The summed E-state index contributed by atoms with van der Waals surface area (Å²) in [5.74, 6) is 3.08. The van der Waals surface area contributed by atoms with Gasteiger partial charge in [-0.2, -0.15) is 0 Å². The van der Waals surface area contributed by atoms with Crippen molar-refractivity contribution in [1.82, 2.24) is 0 Å². The highest BCUT2D eigenvalue weighted by molar-refractivity contribution is 5.46. The van der Waals surface area contributed by atoms with Crippen molar-refractivity contribution in [3.63, 3.8) is 0 Å². The molecule has 0 saturated heterocycles. The second-order valence-electron chi connectivity index (χ2n) is 5.33. The summed E-state index contributed by atoms with van der Waals surface area (Å²) < 4.78 is 17.4. The van der Waals surface area contributed by atoms with E-state index < -0.39 is 0 Å². The molecule has 0 amide bonds. The molecule has 3 nitrogen and oxygen atoms in total. The highest BCUT2D eigenvalue weighted by Crippen LogP contribution is 2.45. The van der Waals surface area contributed by atoms with Crippen LogP contribution >= 0.6 is 0 Å². The lowest BCUT2D eigenvalue weighted by Crippen LogP contribution is -2.34. The Kier molecular flexibility index (Phi) is 2.59. The molecule has 0 spiro atoms. The standard InChI is InChI=1S/C17H16O3/c1-18-13-6-7-14-16(9-13)19-10-12-8-11-4-2-3-5-15(11)20-17(12)14/h2-7,9,12,17H,8,10H2,1H3. The molecule has 2 heterocycles. The molecule has 2 unspecified atom stereocenters. The van der Waals surface area contributed by atoms with Gasteiger partial charge in [-0.25, -0.2) is 0 Å². The van der Waals surface area contributed by atoms with Crippen LogP contribution in [-0.4, -0.2) is 13.7 Å². The first kappa shape index (κ1) is 11.6. The van der Waals surface area contributed by atoms with Crippen molar-refractivity contribution in [2.24, 2.45) is 5.92 Å². The monoisotopic (exact) mass is 268 g/mol. The zero-order chi connectivity index (χ0) is 13.5. The normalized spacial score (nSPS) is 22.6. The maximum Gasteiger partial charge on any atom is 0.134 e. The van der Waals surface area contributed by atoms with Crippen molar-refractivity contribution >= 4 is 0 Å². The number of ether oxygens (including phenoxy) is 3. The fourth-order valence-corrected chi connectivity index (χ4v) is 3.07. The average molecular weight is 268 g/mol. The largest absolute Gasteiger partial charge is 0.497 e. The van der Waals surface area contributed by atoms with Gasteiger partial charge in [-0.3, -0.25) is 0 Å². The van der Waals surface area contributed by atoms with Crippen molar-refractivity contribution in [2.75, 3.05) is 13.7 Å². The van der Waals surface area contributed by atoms with Crippen molar-refractivity contribution in [3.05, 3.63) is 53.6 Å². The zero-order valence-corrected chi connectivity index (χ0v) is 11.3. The Bertz CT molecular complexity index is 650. The summed E-state index contributed by atoms with van der Waals surface area (Å²) in [5.41, 5.74) is 2.39. The van der Waals surface area contributed by atoms with Gasteiger partial charge in [0.2, 0.25) is 0 Å². The Morgan fingerprint density at radius 1 is 1.10 bits per heavy atom. The zero-order valence-electron chi connectivity index (χ0n) is 11.3. The smallest absolute Gasteiger partial charge is 0.134 e. The van der Waals surface area contributed by atoms with E-state index in [0.29, 0.717) is 12.5 Å². The van der Waals surface area contributed by atoms with Gasteiger partial charge in [0.15, 0.2) is 0 Å². The molecule has 102 valence electrons. The van der Waals surface area contributed by atoms with Gasteiger partial charge in [-0.15, -0.1) is 0 Å². The molecular formula is C17H16O3. The summed E-state index contributed by atoms with van der Waals surface area (Å²) in [4.78, 5) is 0. The lowest BCUT2D eigenvalue weighted by Gasteiger charge is -2.38. The summed E-state index contributed by atoms with van der Waals surface area (Å²) in [7, 11) is 1.67. The van der Waals surface area contributed by atoms with E-state index >= 15 is 0 Å². The molecule has 0 saturated carbocycles. The summed E-state index contributed by atoms with van der Waals surface area (Å²) in [6.45, 7) is 0.694. The number of fused-ring (bicyclic) bond motifs is 4. The van der Waals surface area contributed by atoms with Crippen molar-refractivity contribution in [1.29, 1.82) is 0 Å². The molecule has 2 aliphatic rings. The van der Waals surface area contributed by atoms with Gasteiger partial charge < -0.3 is 14.2 Å². The molecule has 0 N–H and O–H groups in total. The van der Waals surface area contributed by atoms with Crippen LogP contribution in [-0.2, 0) is 6.42 Å². The third kappa shape index (κ3) is 1.73. The summed E-state index contributed by atoms with van der Waals surface area (Å²) in [6, 6.07) is 14.2. The topological polar surface area (TPSA) is 27.7 Å². The summed E-state index contributed by atoms with van der Waals surface area (Å²) in [5, 5.41) is 0. The molecule has 0 radical (unpaired) electrons. The van der Waals surface area contributed by atoms with Gasteiger partial charge in [0.1, 0.15) is 23.4 Å². The number of para-hydroxylation sites is 1. The van der Waals surface area contributed by atoms with Crippen LogP contribution in [0, 0.1) is 5.92 Å². The Hall–Kier alpha value is -2.16. The molecule has 3 heteroatoms. The molecule has 2 aliphatic heterocycles. The van der Waals surface area contributed by atoms with E-state index in [1.165, 1.54) is 5.56 Å². The number of rotatable bonds is 1. The van der Waals surface area contributed by atoms with E-state index in [-0.39, 0.29) is 6.10 Å². The van der Waals surface area contributed by atoms with E-state index in [1.54, 1.807) is 7.11 Å². The van der Waals surface area contributed by atoms with Crippen LogP contribution < -0.4 is 14.2 Å². The van der Waals surface area contributed by atoms with Crippen LogP contribution in [0.25, 0.3) is 0 Å². The molecule has 0 aliphatic carbocycles. The SMILES string of the molecule is COc1ccc2c(c1)OCC1Cc3ccccc3OC21. The highest BCUT2D eigenvalue weighted by atomic mass is 16.5. The van der Waals surface area contributed by atoms with Crippen molar-refractivity contribution < 1.29 is 14.2 Å². The van der Waals surface area contributed by atoms with Gasteiger partial charge >= 0.3 is 0 Å². The third-order valence-corrected chi connectivity index (χ3v) is 4.12. The molecular weight excluding hydrogens is 252 g/mol. The molecule has 2 aromatic carbocycles. The van der Waals surface area contributed by atoms with Crippen molar-refractivity contribution in [2.45, 2.75) is 12.5 Å². The quantitative estimate of drug-likeness (QED) is 0.793. The Balaban J connectivity index is 1.74.